The van der Waals surface area contributed by atoms with E-state index in [0.717, 1.165) is 5.69 Å². The van der Waals surface area contributed by atoms with Crippen molar-refractivity contribution in [1.82, 2.24) is 9.59 Å². The number of nitrogens with zero attached hydrogens (tertiary/aromatic N) is 2. The van der Waals surface area contributed by atoms with E-state index in [4.69, 9.17) is 0 Å². The molecule has 0 saturated heterocycles. The van der Waals surface area contributed by atoms with E-state index in [1.165, 1.54) is 22.7 Å². The monoisotopic (exact) mass is 202 g/mol. The summed E-state index contributed by atoms with van der Waals surface area (Å²) in [5.41, 5.74) is 3.41. The van der Waals surface area contributed by atoms with Crippen molar-refractivity contribution in [3.05, 3.63) is 46.5 Å². The van der Waals surface area contributed by atoms with Gasteiger partial charge >= 0.3 is 0 Å². The molecule has 1 aromatic carbocycles. The van der Waals surface area contributed by atoms with Crippen molar-refractivity contribution in [3.8, 4) is 0 Å². The third-order valence-electron chi connectivity index (χ3n) is 2.00. The minimum absolute atomic E-state index is 0.915. The third-order valence-corrected chi connectivity index (χ3v) is 2.52. The predicted octanol–water partition coefficient (Wildman–Crippen LogP) is 3.02. The fourth-order valence-electron chi connectivity index (χ4n) is 1.19. The van der Waals surface area contributed by atoms with Crippen LogP contribution in [0, 0.1) is 6.92 Å². The van der Waals surface area contributed by atoms with Crippen LogP contribution in [0.15, 0.2) is 29.6 Å². The maximum absolute atomic E-state index is 3.94. The third kappa shape index (κ3) is 2.06. The molecule has 0 atom stereocenters. The van der Waals surface area contributed by atoms with Crippen LogP contribution in [0.2, 0.25) is 0 Å². The van der Waals surface area contributed by atoms with E-state index in [2.05, 4.69) is 34.7 Å². The SMILES string of the molecule is Cc1ccccc1/C=C/c1csnn1. The minimum Gasteiger partial charge on any atom is -0.139 e. The quantitative estimate of drug-likeness (QED) is 0.748. The van der Waals surface area contributed by atoms with Gasteiger partial charge in [-0.15, -0.1) is 5.10 Å². The number of aromatic nitrogens is 2. The summed E-state index contributed by atoms with van der Waals surface area (Å²) < 4.78 is 3.80. The summed E-state index contributed by atoms with van der Waals surface area (Å²) in [5, 5.41) is 5.87. The van der Waals surface area contributed by atoms with Gasteiger partial charge in [0.2, 0.25) is 0 Å². The highest BCUT2D eigenvalue weighted by molar-refractivity contribution is 7.03. The molecular weight excluding hydrogens is 192 g/mol. The zero-order valence-electron chi connectivity index (χ0n) is 7.84. The van der Waals surface area contributed by atoms with E-state index >= 15 is 0 Å². The molecule has 70 valence electrons. The molecule has 2 nitrogen and oxygen atoms in total. The summed E-state index contributed by atoms with van der Waals surface area (Å²) in [7, 11) is 0. The average molecular weight is 202 g/mol. The number of benzene rings is 1. The molecule has 0 bridgehead atoms. The first-order chi connectivity index (χ1) is 6.86. The number of aryl methyl sites for hydroxylation is 1. The lowest BCUT2D eigenvalue weighted by Crippen LogP contribution is -1.78. The van der Waals surface area contributed by atoms with Gasteiger partial charge in [0.05, 0.1) is 5.69 Å². The Morgan fingerprint density at radius 2 is 2.07 bits per heavy atom. The molecule has 0 radical (unpaired) electrons. The maximum Gasteiger partial charge on any atom is 0.0982 e. The van der Waals surface area contributed by atoms with Crippen molar-refractivity contribution in [1.29, 1.82) is 0 Å². The van der Waals surface area contributed by atoms with Crippen LogP contribution in [-0.4, -0.2) is 9.59 Å². The Balaban J connectivity index is 2.23. The molecule has 2 aromatic rings. The molecule has 0 saturated carbocycles. The molecule has 0 fully saturated rings. The highest BCUT2D eigenvalue weighted by atomic mass is 32.1. The molecule has 14 heavy (non-hydrogen) atoms. The van der Waals surface area contributed by atoms with Crippen LogP contribution in [0.5, 0.6) is 0 Å². The molecule has 1 aromatic heterocycles. The predicted molar refractivity (Wildman–Crippen MR) is 60.0 cm³/mol. The van der Waals surface area contributed by atoms with Crippen molar-refractivity contribution in [2.75, 3.05) is 0 Å². The average Bonchev–Trinajstić information content (AvgIpc) is 2.69. The fraction of sp³-hybridized carbons (Fsp3) is 0.0909. The van der Waals surface area contributed by atoms with Crippen LogP contribution in [0.25, 0.3) is 12.2 Å². The number of rotatable bonds is 2. The standard InChI is InChI=1S/C11H10N2S/c1-9-4-2-3-5-10(9)6-7-11-8-14-13-12-11/h2-8H,1H3/b7-6+. The number of hydrogen-bond donors (Lipinski definition) is 0. The molecule has 0 aliphatic heterocycles. The topological polar surface area (TPSA) is 25.8 Å². The van der Waals surface area contributed by atoms with E-state index < -0.39 is 0 Å². The summed E-state index contributed by atoms with van der Waals surface area (Å²) in [6, 6.07) is 8.26. The van der Waals surface area contributed by atoms with Crippen LogP contribution >= 0.6 is 11.5 Å². The smallest absolute Gasteiger partial charge is 0.0982 e. The van der Waals surface area contributed by atoms with Gasteiger partial charge in [-0.25, -0.2) is 0 Å². The maximum atomic E-state index is 3.94. The lowest BCUT2D eigenvalue weighted by molar-refractivity contribution is 1.14. The Morgan fingerprint density at radius 1 is 1.21 bits per heavy atom. The lowest BCUT2D eigenvalue weighted by Gasteiger charge is -1.96. The van der Waals surface area contributed by atoms with Gasteiger partial charge in [-0.1, -0.05) is 34.8 Å². The largest absolute Gasteiger partial charge is 0.139 e. The second-order valence-corrected chi connectivity index (χ2v) is 3.63. The van der Waals surface area contributed by atoms with Crippen LogP contribution in [0.4, 0.5) is 0 Å². The second-order valence-electron chi connectivity index (χ2n) is 3.02. The summed E-state index contributed by atoms with van der Waals surface area (Å²) in [6.45, 7) is 2.10. The van der Waals surface area contributed by atoms with Crippen molar-refractivity contribution in [2.45, 2.75) is 6.92 Å². The summed E-state index contributed by atoms with van der Waals surface area (Å²) >= 11 is 1.37. The van der Waals surface area contributed by atoms with E-state index in [-0.39, 0.29) is 0 Å². The van der Waals surface area contributed by atoms with Gasteiger partial charge in [0.25, 0.3) is 0 Å². The zero-order valence-corrected chi connectivity index (χ0v) is 8.66. The Kier molecular flexibility index (Phi) is 2.70. The van der Waals surface area contributed by atoms with E-state index in [0.29, 0.717) is 0 Å². The molecule has 3 heteroatoms. The molecule has 0 amide bonds. The molecule has 0 unspecified atom stereocenters. The first-order valence-electron chi connectivity index (χ1n) is 4.37. The molecule has 0 spiro atoms. The van der Waals surface area contributed by atoms with E-state index in [9.17, 15) is 0 Å². The Bertz CT molecular complexity index is 432. The summed E-state index contributed by atoms with van der Waals surface area (Å²) in [5.74, 6) is 0. The van der Waals surface area contributed by atoms with Gasteiger partial charge in [0, 0.05) is 5.38 Å². The van der Waals surface area contributed by atoms with Gasteiger partial charge < -0.3 is 0 Å². The molecule has 0 N–H and O–H groups in total. The van der Waals surface area contributed by atoms with E-state index in [1.807, 2.05) is 23.6 Å². The lowest BCUT2D eigenvalue weighted by atomic mass is 10.1. The van der Waals surface area contributed by atoms with Gasteiger partial charge in [0.15, 0.2) is 0 Å². The minimum atomic E-state index is 0.915. The summed E-state index contributed by atoms with van der Waals surface area (Å²) in [4.78, 5) is 0. The Labute approximate surface area is 87.1 Å². The van der Waals surface area contributed by atoms with Crippen LogP contribution in [-0.2, 0) is 0 Å². The Morgan fingerprint density at radius 3 is 2.79 bits per heavy atom. The van der Waals surface area contributed by atoms with Crippen LogP contribution in [0.1, 0.15) is 16.8 Å². The van der Waals surface area contributed by atoms with E-state index in [1.54, 1.807) is 0 Å². The number of hydrogen-bond acceptors (Lipinski definition) is 3. The Hall–Kier alpha value is -1.48. The van der Waals surface area contributed by atoms with Gasteiger partial charge in [-0.3, -0.25) is 0 Å². The molecular formula is C11H10N2S. The highest BCUT2D eigenvalue weighted by Gasteiger charge is 1.92. The zero-order chi connectivity index (χ0) is 9.80. The molecule has 2 rings (SSSR count). The molecule has 1 heterocycles. The van der Waals surface area contributed by atoms with Crippen molar-refractivity contribution < 1.29 is 0 Å². The van der Waals surface area contributed by atoms with Crippen LogP contribution in [0.3, 0.4) is 0 Å². The van der Waals surface area contributed by atoms with Gasteiger partial charge in [-0.05, 0) is 35.7 Å². The van der Waals surface area contributed by atoms with Crippen LogP contribution < -0.4 is 0 Å². The second kappa shape index (κ2) is 4.15. The first-order valence-corrected chi connectivity index (χ1v) is 5.21. The van der Waals surface area contributed by atoms with Gasteiger partial charge in [0.1, 0.15) is 0 Å². The highest BCUT2D eigenvalue weighted by Crippen LogP contribution is 2.11. The van der Waals surface area contributed by atoms with Crippen molar-refractivity contribution in [3.63, 3.8) is 0 Å². The molecule has 0 aliphatic carbocycles. The van der Waals surface area contributed by atoms with Crippen molar-refractivity contribution >= 4 is 23.7 Å². The normalized spacial score (nSPS) is 10.9. The first kappa shape index (κ1) is 9.09. The van der Waals surface area contributed by atoms with Crippen molar-refractivity contribution in [2.24, 2.45) is 0 Å². The fourth-order valence-corrected chi connectivity index (χ4v) is 1.62. The molecule has 0 aliphatic rings. The van der Waals surface area contributed by atoms with Gasteiger partial charge in [-0.2, -0.15) is 0 Å². The summed E-state index contributed by atoms with van der Waals surface area (Å²) in [6.07, 6.45) is 4.04.